The van der Waals surface area contributed by atoms with Gasteiger partial charge in [0.1, 0.15) is 6.04 Å². The average Bonchev–Trinajstić information content (AvgIpc) is 2.65. The SMILES string of the molecule is Cc1c(Cl)cccc1NC(=O)C(=O)NC[C@@H](c1ccc(N(C)C)cc1)[NH+](C)C. The first-order valence-corrected chi connectivity index (χ1v) is 9.50. The molecule has 3 N–H and O–H groups in total. The number of likely N-dealkylation sites (N-methyl/N-ethyl adjacent to an activating group) is 1. The first-order chi connectivity index (χ1) is 13.2. The molecule has 0 saturated heterocycles. The molecule has 0 aliphatic carbocycles. The van der Waals surface area contributed by atoms with Crippen molar-refractivity contribution in [1.82, 2.24) is 5.32 Å². The van der Waals surface area contributed by atoms with E-state index in [9.17, 15) is 9.59 Å². The van der Waals surface area contributed by atoms with E-state index >= 15 is 0 Å². The van der Waals surface area contributed by atoms with Gasteiger partial charge in [-0.05, 0) is 36.8 Å². The Morgan fingerprint density at radius 1 is 1.07 bits per heavy atom. The molecule has 0 aromatic heterocycles. The Kier molecular flexibility index (Phi) is 7.43. The third-order valence-electron chi connectivity index (χ3n) is 4.70. The molecule has 0 fully saturated rings. The number of hydrogen-bond donors (Lipinski definition) is 3. The minimum atomic E-state index is -0.708. The van der Waals surface area contributed by atoms with Crippen molar-refractivity contribution in [3.8, 4) is 0 Å². The highest BCUT2D eigenvalue weighted by Crippen LogP contribution is 2.22. The van der Waals surface area contributed by atoms with Crippen LogP contribution < -0.4 is 20.4 Å². The van der Waals surface area contributed by atoms with Crippen LogP contribution in [0.25, 0.3) is 0 Å². The third-order valence-corrected chi connectivity index (χ3v) is 5.11. The molecule has 0 spiro atoms. The summed E-state index contributed by atoms with van der Waals surface area (Å²) in [5, 5.41) is 5.89. The summed E-state index contributed by atoms with van der Waals surface area (Å²) >= 11 is 6.06. The fraction of sp³-hybridized carbons (Fsp3) is 0.333. The predicted molar refractivity (Wildman–Crippen MR) is 114 cm³/mol. The van der Waals surface area contributed by atoms with Gasteiger partial charge in [0.2, 0.25) is 0 Å². The zero-order chi connectivity index (χ0) is 20.8. The lowest BCUT2D eigenvalue weighted by molar-refractivity contribution is -0.890. The number of anilines is 2. The molecule has 2 aromatic rings. The van der Waals surface area contributed by atoms with Crippen molar-refractivity contribution in [2.45, 2.75) is 13.0 Å². The highest BCUT2D eigenvalue weighted by atomic mass is 35.5. The highest BCUT2D eigenvalue weighted by Gasteiger charge is 2.22. The summed E-state index contributed by atoms with van der Waals surface area (Å²) in [5.41, 5.74) is 3.46. The monoisotopic (exact) mass is 403 g/mol. The zero-order valence-corrected chi connectivity index (χ0v) is 17.7. The summed E-state index contributed by atoms with van der Waals surface area (Å²) in [6, 6.07) is 13.4. The van der Waals surface area contributed by atoms with Crippen LogP contribution in [0.3, 0.4) is 0 Å². The van der Waals surface area contributed by atoms with Crippen LogP contribution in [0.2, 0.25) is 5.02 Å². The Bertz CT molecular complexity index is 835. The smallest absolute Gasteiger partial charge is 0.313 e. The maximum atomic E-state index is 12.3. The number of halogens is 1. The largest absolute Gasteiger partial charge is 0.378 e. The van der Waals surface area contributed by atoms with Gasteiger partial charge in [-0.15, -0.1) is 0 Å². The van der Waals surface area contributed by atoms with Gasteiger partial charge in [0.05, 0.1) is 20.6 Å². The van der Waals surface area contributed by atoms with Gasteiger partial charge in [0.15, 0.2) is 0 Å². The minimum absolute atomic E-state index is 0.0286. The third kappa shape index (κ3) is 5.47. The van der Waals surface area contributed by atoms with Crippen molar-refractivity contribution in [2.75, 3.05) is 45.0 Å². The molecule has 0 saturated carbocycles. The van der Waals surface area contributed by atoms with E-state index in [1.54, 1.807) is 25.1 Å². The molecule has 2 amide bonds. The Labute approximate surface area is 171 Å². The second-order valence-corrected chi connectivity index (χ2v) is 7.60. The number of carbonyl (C=O) groups excluding carboxylic acids is 2. The summed E-state index contributed by atoms with van der Waals surface area (Å²) < 4.78 is 0. The number of benzene rings is 2. The van der Waals surface area contributed by atoms with Crippen LogP contribution in [0.1, 0.15) is 17.2 Å². The zero-order valence-electron chi connectivity index (χ0n) is 17.0. The number of nitrogens with one attached hydrogen (secondary N) is 3. The fourth-order valence-electron chi connectivity index (χ4n) is 2.86. The molecule has 28 heavy (non-hydrogen) atoms. The number of carbonyl (C=O) groups is 2. The van der Waals surface area contributed by atoms with Crippen molar-refractivity contribution < 1.29 is 14.5 Å². The van der Waals surface area contributed by atoms with Crippen molar-refractivity contribution in [2.24, 2.45) is 0 Å². The molecule has 0 aliphatic rings. The van der Waals surface area contributed by atoms with Crippen molar-refractivity contribution in [3.63, 3.8) is 0 Å². The Morgan fingerprint density at radius 3 is 2.29 bits per heavy atom. The van der Waals surface area contributed by atoms with E-state index in [2.05, 4.69) is 22.8 Å². The lowest BCUT2D eigenvalue weighted by Gasteiger charge is -2.23. The van der Waals surface area contributed by atoms with Crippen molar-refractivity contribution in [3.05, 3.63) is 58.6 Å². The second kappa shape index (κ2) is 9.57. The molecule has 7 heteroatoms. The molecule has 150 valence electrons. The Balaban J connectivity index is 2.01. The highest BCUT2D eigenvalue weighted by molar-refractivity contribution is 6.40. The molecule has 0 aliphatic heterocycles. The van der Waals surface area contributed by atoms with Gasteiger partial charge in [-0.1, -0.05) is 29.8 Å². The maximum Gasteiger partial charge on any atom is 0.313 e. The first kappa shape index (κ1) is 21.7. The van der Waals surface area contributed by atoms with Crippen molar-refractivity contribution in [1.29, 1.82) is 0 Å². The van der Waals surface area contributed by atoms with Gasteiger partial charge in [0, 0.05) is 36.1 Å². The standard InChI is InChI=1S/C21H27ClN4O2/c1-14-17(22)7-6-8-18(14)24-21(28)20(27)23-13-19(26(4)5)15-9-11-16(12-10-15)25(2)3/h6-12,19H,13H2,1-5H3,(H,23,27)(H,24,28)/p+1/t19-/m0/s1. The molecule has 1 atom stereocenters. The van der Waals surface area contributed by atoms with Crippen LogP contribution in [-0.2, 0) is 9.59 Å². The lowest BCUT2D eigenvalue weighted by atomic mass is 10.1. The number of nitrogens with zero attached hydrogens (tertiary/aromatic N) is 1. The molecular formula is C21H28ClN4O2+. The van der Waals surface area contributed by atoms with Crippen LogP contribution in [0.15, 0.2) is 42.5 Å². The summed E-state index contributed by atoms with van der Waals surface area (Å²) in [7, 11) is 8.02. The summed E-state index contributed by atoms with van der Waals surface area (Å²) in [5.74, 6) is -1.38. The van der Waals surface area contributed by atoms with E-state index in [1.807, 2.05) is 45.2 Å². The molecule has 2 aromatic carbocycles. The summed E-state index contributed by atoms with van der Waals surface area (Å²) in [6.45, 7) is 2.14. The molecule has 0 unspecified atom stereocenters. The maximum absolute atomic E-state index is 12.3. The second-order valence-electron chi connectivity index (χ2n) is 7.19. The van der Waals surface area contributed by atoms with Gasteiger partial charge in [-0.25, -0.2) is 0 Å². The van der Waals surface area contributed by atoms with Gasteiger partial charge in [-0.3, -0.25) is 9.59 Å². The van der Waals surface area contributed by atoms with Crippen LogP contribution in [0.4, 0.5) is 11.4 Å². The summed E-state index contributed by atoms with van der Waals surface area (Å²) in [4.78, 5) is 27.7. The summed E-state index contributed by atoms with van der Waals surface area (Å²) in [6.07, 6.45) is 0. The van der Waals surface area contributed by atoms with Gasteiger partial charge < -0.3 is 20.4 Å². The average molecular weight is 404 g/mol. The van der Waals surface area contributed by atoms with Gasteiger partial charge in [0.25, 0.3) is 0 Å². The predicted octanol–water partition coefficient (Wildman–Crippen LogP) is 1.65. The number of quaternary nitrogens is 1. The first-order valence-electron chi connectivity index (χ1n) is 9.12. The van der Waals surface area contributed by atoms with E-state index in [4.69, 9.17) is 11.6 Å². The van der Waals surface area contributed by atoms with Crippen LogP contribution in [-0.4, -0.2) is 46.5 Å². The van der Waals surface area contributed by atoms with E-state index in [0.717, 1.165) is 21.7 Å². The molecule has 0 radical (unpaired) electrons. The number of hydrogen-bond acceptors (Lipinski definition) is 3. The minimum Gasteiger partial charge on any atom is -0.378 e. The van der Waals surface area contributed by atoms with Crippen molar-refractivity contribution >= 4 is 34.8 Å². The van der Waals surface area contributed by atoms with E-state index in [1.165, 1.54) is 0 Å². The molecular weight excluding hydrogens is 376 g/mol. The van der Waals surface area contributed by atoms with Crippen LogP contribution >= 0.6 is 11.6 Å². The normalized spacial score (nSPS) is 11.8. The van der Waals surface area contributed by atoms with E-state index in [0.29, 0.717) is 17.3 Å². The van der Waals surface area contributed by atoms with E-state index in [-0.39, 0.29) is 6.04 Å². The fourth-order valence-corrected chi connectivity index (χ4v) is 3.03. The Morgan fingerprint density at radius 2 is 1.71 bits per heavy atom. The number of rotatable bonds is 6. The molecule has 0 bridgehead atoms. The Hall–Kier alpha value is -2.57. The lowest BCUT2D eigenvalue weighted by Crippen LogP contribution is -3.07. The molecule has 0 heterocycles. The quantitative estimate of drug-likeness (QED) is 0.642. The molecule has 6 nitrogen and oxygen atoms in total. The molecule has 2 rings (SSSR count). The van der Waals surface area contributed by atoms with Crippen LogP contribution in [0.5, 0.6) is 0 Å². The van der Waals surface area contributed by atoms with Gasteiger partial charge in [-0.2, -0.15) is 0 Å². The topological polar surface area (TPSA) is 65.9 Å². The van der Waals surface area contributed by atoms with Gasteiger partial charge >= 0.3 is 11.8 Å². The van der Waals surface area contributed by atoms with Crippen LogP contribution in [0, 0.1) is 6.92 Å². The van der Waals surface area contributed by atoms with E-state index < -0.39 is 11.8 Å². The number of amides is 2.